The lowest BCUT2D eigenvalue weighted by Gasteiger charge is -2.61. The number of hydrogen-bond donors (Lipinski definition) is 2. The number of aliphatic hydroxyl groups excluding tert-OH is 1. The molecule has 3 saturated carbocycles. The van der Waals surface area contributed by atoms with E-state index in [1.54, 1.807) is 0 Å². The first-order chi connectivity index (χ1) is 10.5. The van der Waals surface area contributed by atoms with Gasteiger partial charge in [0.05, 0.1) is 12.2 Å². The molecule has 0 amide bonds. The quantitative estimate of drug-likeness (QED) is 0.723. The Morgan fingerprint density at radius 2 is 1.91 bits per heavy atom. The van der Waals surface area contributed by atoms with E-state index in [1.165, 1.54) is 38.5 Å². The molecule has 0 spiro atoms. The summed E-state index contributed by atoms with van der Waals surface area (Å²) in [6, 6.07) is 0. The van der Waals surface area contributed by atoms with Gasteiger partial charge in [0.1, 0.15) is 6.23 Å². The molecule has 2 saturated heterocycles. The first-order valence-corrected chi connectivity index (χ1v) is 9.60. The summed E-state index contributed by atoms with van der Waals surface area (Å²) >= 11 is 0. The molecule has 0 aromatic heterocycles. The van der Waals surface area contributed by atoms with E-state index in [4.69, 9.17) is 4.74 Å². The second-order valence-corrected chi connectivity index (χ2v) is 9.41. The zero-order chi connectivity index (χ0) is 15.1. The van der Waals surface area contributed by atoms with E-state index < -0.39 is 0 Å². The second-order valence-electron chi connectivity index (χ2n) is 9.41. The number of ether oxygens (including phenoxy) is 1. The van der Waals surface area contributed by atoms with Crippen molar-refractivity contribution >= 4 is 0 Å². The van der Waals surface area contributed by atoms with Crippen molar-refractivity contribution in [3.05, 3.63) is 0 Å². The molecule has 5 rings (SSSR count). The summed E-state index contributed by atoms with van der Waals surface area (Å²) in [4.78, 5) is 0. The van der Waals surface area contributed by atoms with E-state index in [-0.39, 0.29) is 11.5 Å². The summed E-state index contributed by atoms with van der Waals surface area (Å²) in [7, 11) is 0. The van der Waals surface area contributed by atoms with E-state index in [1.807, 2.05) is 0 Å². The van der Waals surface area contributed by atoms with Gasteiger partial charge in [-0.2, -0.15) is 0 Å². The van der Waals surface area contributed by atoms with Crippen molar-refractivity contribution in [2.75, 3.05) is 6.54 Å². The SMILES string of the molecule is C[C@]12CC[C@@H]3[C@@H](CC[C@@H]4C[C@H]5NC[C@H](O5)[C@@]43C)[C@@H]1CC[C@@H]2O. The third kappa shape index (κ3) is 1.58. The molecule has 3 heteroatoms. The highest BCUT2D eigenvalue weighted by Gasteiger charge is 2.63. The Bertz CT molecular complexity index is 482. The molecular formula is C19H31NO2. The first-order valence-electron chi connectivity index (χ1n) is 9.60. The molecule has 0 unspecified atom stereocenters. The minimum atomic E-state index is -0.0517. The Labute approximate surface area is 134 Å². The lowest BCUT2D eigenvalue weighted by Crippen LogP contribution is -2.58. The highest BCUT2D eigenvalue weighted by molar-refractivity contribution is 5.12. The van der Waals surface area contributed by atoms with Gasteiger partial charge >= 0.3 is 0 Å². The predicted molar refractivity (Wildman–Crippen MR) is 85.2 cm³/mol. The van der Waals surface area contributed by atoms with Gasteiger partial charge in [-0.05, 0) is 74.0 Å². The molecule has 124 valence electrons. The second kappa shape index (κ2) is 4.49. The highest BCUT2D eigenvalue weighted by atomic mass is 16.5. The lowest BCUT2D eigenvalue weighted by atomic mass is 9.46. The average Bonchev–Trinajstić information content (AvgIpc) is 3.05. The van der Waals surface area contributed by atoms with Crippen LogP contribution in [0.15, 0.2) is 0 Å². The van der Waals surface area contributed by atoms with Crippen molar-refractivity contribution in [1.29, 1.82) is 0 Å². The van der Waals surface area contributed by atoms with Gasteiger partial charge in [-0.15, -0.1) is 0 Å². The van der Waals surface area contributed by atoms with Crippen molar-refractivity contribution in [3.8, 4) is 0 Å². The van der Waals surface area contributed by atoms with Gasteiger partial charge in [-0.25, -0.2) is 0 Å². The number of fused-ring (bicyclic) bond motifs is 8. The largest absolute Gasteiger partial charge is 0.393 e. The van der Waals surface area contributed by atoms with Crippen LogP contribution in [-0.4, -0.2) is 30.1 Å². The van der Waals surface area contributed by atoms with Gasteiger partial charge in [-0.1, -0.05) is 13.8 Å². The molecule has 2 N–H and O–H groups in total. The van der Waals surface area contributed by atoms with Crippen LogP contribution >= 0.6 is 0 Å². The zero-order valence-electron chi connectivity index (χ0n) is 14.1. The molecule has 9 atom stereocenters. The van der Waals surface area contributed by atoms with Crippen LogP contribution in [0.4, 0.5) is 0 Å². The van der Waals surface area contributed by atoms with Crippen LogP contribution in [0, 0.1) is 34.5 Å². The fourth-order valence-corrected chi connectivity index (χ4v) is 7.61. The maximum Gasteiger partial charge on any atom is 0.108 e. The smallest absolute Gasteiger partial charge is 0.108 e. The fraction of sp³-hybridized carbons (Fsp3) is 1.00. The van der Waals surface area contributed by atoms with Gasteiger partial charge < -0.3 is 9.84 Å². The Kier molecular flexibility index (Phi) is 2.91. The molecule has 2 heterocycles. The summed E-state index contributed by atoms with van der Waals surface area (Å²) < 4.78 is 6.32. The van der Waals surface area contributed by atoms with Crippen LogP contribution in [0.1, 0.15) is 58.8 Å². The molecular weight excluding hydrogens is 274 g/mol. The maximum absolute atomic E-state index is 10.5. The van der Waals surface area contributed by atoms with Gasteiger partial charge in [0.2, 0.25) is 0 Å². The van der Waals surface area contributed by atoms with Crippen LogP contribution in [-0.2, 0) is 4.74 Å². The van der Waals surface area contributed by atoms with Crippen molar-refractivity contribution in [2.24, 2.45) is 34.5 Å². The number of aliphatic hydroxyl groups is 1. The third-order valence-corrected chi connectivity index (χ3v) is 8.97. The molecule has 2 bridgehead atoms. The van der Waals surface area contributed by atoms with Crippen molar-refractivity contribution < 1.29 is 9.84 Å². The van der Waals surface area contributed by atoms with E-state index in [0.717, 1.165) is 36.6 Å². The summed E-state index contributed by atoms with van der Waals surface area (Å²) in [6.45, 7) is 5.99. The topological polar surface area (TPSA) is 41.5 Å². The molecule has 3 aliphatic carbocycles. The van der Waals surface area contributed by atoms with Crippen molar-refractivity contribution in [2.45, 2.75) is 77.2 Å². The van der Waals surface area contributed by atoms with E-state index in [0.29, 0.717) is 17.7 Å². The van der Waals surface area contributed by atoms with Crippen LogP contribution in [0.25, 0.3) is 0 Å². The lowest BCUT2D eigenvalue weighted by molar-refractivity contribution is -0.195. The summed E-state index contributed by atoms with van der Waals surface area (Å²) in [5.74, 6) is 3.26. The van der Waals surface area contributed by atoms with Gasteiger partial charge in [0, 0.05) is 12.0 Å². The van der Waals surface area contributed by atoms with Crippen LogP contribution in [0.2, 0.25) is 0 Å². The van der Waals surface area contributed by atoms with Gasteiger partial charge in [0.15, 0.2) is 0 Å². The Morgan fingerprint density at radius 3 is 2.77 bits per heavy atom. The number of rotatable bonds is 0. The molecule has 3 nitrogen and oxygen atoms in total. The average molecular weight is 305 g/mol. The maximum atomic E-state index is 10.5. The molecule has 0 aromatic rings. The van der Waals surface area contributed by atoms with Crippen LogP contribution < -0.4 is 5.32 Å². The standard InChI is InChI=1S/C19H31NO2/c1-18-8-7-14-12(13(18)5-6-15(18)21)4-3-11-9-17-20-10-16(22-17)19(11,14)2/h11-17,20-21H,3-10H2,1-2H3/t11-,12+,13+,14-,15+,16+,17+,18+,19+/m1/s1. The molecule has 2 aliphatic heterocycles. The number of hydrogen-bond acceptors (Lipinski definition) is 3. The summed E-state index contributed by atoms with van der Waals surface area (Å²) in [6.07, 6.45) is 9.56. The minimum absolute atomic E-state index is 0.0517. The monoisotopic (exact) mass is 305 g/mol. The molecule has 5 aliphatic rings. The normalized spacial score (nSPS) is 63.1. The molecule has 22 heavy (non-hydrogen) atoms. The fourth-order valence-electron chi connectivity index (χ4n) is 7.61. The van der Waals surface area contributed by atoms with Gasteiger partial charge in [-0.3, -0.25) is 5.32 Å². The Hall–Kier alpha value is -0.120. The van der Waals surface area contributed by atoms with Crippen LogP contribution in [0.3, 0.4) is 0 Å². The third-order valence-electron chi connectivity index (χ3n) is 8.97. The van der Waals surface area contributed by atoms with E-state index >= 15 is 0 Å². The molecule has 5 fully saturated rings. The first kappa shape index (κ1) is 14.2. The van der Waals surface area contributed by atoms with E-state index in [9.17, 15) is 5.11 Å². The zero-order valence-corrected chi connectivity index (χ0v) is 14.1. The van der Waals surface area contributed by atoms with E-state index in [2.05, 4.69) is 19.2 Å². The van der Waals surface area contributed by atoms with Crippen LogP contribution in [0.5, 0.6) is 0 Å². The summed E-state index contributed by atoms with van der Waals surface area (Å²) in [5.41, 5.74) is 0.578. The predicted octanol–water partition coefficient (Wildman–Crippen LogP) is 2.92. The summed E-state index contributed by atoms with van der Waals surface area (Å²) in [5, 5.41) is 14.1. The minimum Gasteiger partial charge on any atom is -0.393 e. The Morgan fingerprint density at radius 1 is 1.05 bits per heavy atom. The van der Waals surface area contributed by atoms with Crippen molar-refractivity contribution in [3.63, 3.8) is 0 Å². The van der Waals surface area contributed by atoms with Crippen molar-refractivity contribution in [1.82, 2.24) is 5.32 Å². The molecule has 0 radical (unpaired) electrons. The number of nitrogens with one attached hydrogen (secondary N) is 1. The van der Waals surface area contributed by atoms with Gasteiger partial charge in [0.25, 0.3) is 0 Å². The molecule has 0 aromatic carbocycles. The highest BCUT2D eigenvalue weighted by Crippen LogP contribution is 2.66. The Balaban J connectivity index is 1.50.